The molecule has 33 heavy (non-hydrogen) atoms. The van der Waals surface area contributed by atoms with Crippen LogP contribution in [0, 0.1) is 29.4 Å². The lowest BCUT2D eigenvalue weighted by atomic mass is 9.91. The molecule has 8 heteroatoms. The summed E-state index contributed by atoms with van der Waals surface area (Å²) < 4.78 is 31.1. The fraction of sp³-hybridized carbons (Fsp3) is 0.160. The molecule has 6 nitrogen and oxygen atoms in total. The zero-order valence-electron chi connectivity index (χ0n) is 17.7. The summed E-state index contributed by atoms with van der Waals surface area (Å²) in [6.07, 6.45) is 2.87. The number of hydrogen-bond donors (Lipinski definition) is 0. The monoisotopic (exact) mass is 442 g/mol. The molecule has 5 rings (SSSR count). The van der Waals surface area contributed by atoms with Gasteiger partial charge < -0.3 is 4.90 Å². The Labute approximate surface area is 188 Å². The van der Waals surface area contributed by atoms with Crippen molar-refractivity contribution in [3.8, 4) is 28.3 Å². The van der Waals surface area contributed by atoms with Gasteiger partial charge >= 0.3 is 0 Å². The molecule has 1 radical (unpaired) electrons. The third-order valence-corrected chi connectivity index (χ3v) is 5.90. The van der Waals surface area contributed by atoms with Crippen LogP contribution in [0.25, 0.3) is 33.3 Å². The van der Waals surface area contributed by atoms with E-state index in [1.54, 1.807) is 48.3 Å². The van der Waals surface area contributed by atoms with E-state index in [0.29, 0.717) is 46.4 Å². The van der Waals surface area contributed by atoms with Crippen LogP contribution in [-0.2, 0) is 7.05 Å². The van der Waals surface area contributed by atoms with Crippen molar-refractivity contribution >= 4 is 16.9 Å². The lowest BCUT2D eigenvalue weighted by Gasteiger charge is -2.18. The number of nitrogens with zero attached hydrogens (tertiary/aromatic N) is 5. The van der Waals surface area contributed by atoms with Gasteiger partial charge in [0.15, 0.2) is 0 Å². The highest BCUT2D eigenvalue weighted by Crippen LogP contribution is 2.37. The van der Waals surface area contributed by atoms with Crippen LogP contribution in [0.15, 0.2) is 48.5 Å². The first-order chi connectivity index (χ1) is 16.0. The highest BCUT2D eigenvalue weighted by Gasteiger charge is 2.22. The van der Waals surface area contributed by atoms with Crippen molar-refractivity contribution in [2.24, 2.45) is 7.05 Å². The van der Waals surface area contributed by atoms with E-state index in [0.717, 1.165) is 6.42 Å². The molecule has 4 aromatic rings. The number of likely N-dealkylation sites (tertiary alicyclic amines) is 1. The molecule has 163 valence electrons. The first kappa shape index (κ1) is 20.8. The van der Waals surface area contributed by atoms with E-state index in [1.807, 2.05) is 6.42 Å². The van der Waals surface area contributed by atoms with Crippen molar-refractivity contribution in [1.82, 2.24) is 19.9 Å². The number of halogens is 2. The molecule has 1 aliphatic rings. The van der Waals surface area contributed by atoms with E-state index < -0.39 is 11.6 Å². The number of hydrogen-bond acceptors (Lipinski definition) is 4. The number of fused-ring (bicyclic) bond motifs is 1. The third-order valence-electron chi connectivity index (χ3n) is 5.90. The van der Waals surface area contributed by atoms with Gasteiger partial charge in [-0.25, -0.2) is 13.5 Å². The van der Waals surface area contributed by atoms with E-state index in [-0.39, 0.29) is 17.0 Å². The first-order valence-electron chi connectivity index (χ1n) is 10.4. The van der Waals surface area contributed by atoms with Crippen LogP contribution in [0.4, 0.5) is 8.78 Å². The van der Waals surface area contributed by atoms with Crippen molar-refractivity contribution in [3.63, 3.8) is 0 Å². The fourth-order valence-electron chi connectivity index (χ4n) is 4.14. The van der Waals surface area contributed by atoms with Crippen molar-refractivity contribution in [2.75, 3.05) is 13.1 Å². The maximum Gasteiger partial charge on any atom is 0.253 e. The van der Waals surface area contributed by atoms with Crippen molar-refractivity contribution < 1.29 is 13.6 Å². The fourth-order valence-corrected chi connectivity index (χ4v) is 4.14. The summed E-state index contributed by atoms with van der Waals surface area (Å²) in [5.74, 6) is -1.32. The largest absolute Gasteiger partial charge is 0.338 e. The zero-order chi connectivity index (χ0) is 23.1. The minimum atomic E-state index is -0.684. The summed E-state index contributed by atoms with van der Waals surface area (Å²) in [6, 6.07) is 13.9. The molecular weight excluding hydrogens is 424 g/mol. The molecule has 1 fully saturated rings. The number of carbonyl (C=O) groups is 1. The smallest absolute Gasteiger partial charge is 0.253 e. The Morgan fingerprint density at radius 1 is 1.03 bits per heavy atom. The molecule has 1 aliphatic heterocycles. The van der Waals surface area contributed by atoms with Crippen molar-refractivity contribution in [1.29, 1.82) is 5.26 Å². The highest BCUT2D eigenvalue weighted by molar-refractivity contribution is 5.98. The van der Waals surface area contributed by atoms with E-state index in [4.69, 9.17) is 5.26 Å². The summed E-state index contributed by atoms with van der Waals surface area (Å²) in [4.78, 5) is 14.7. The molecule has 2 heterocycles. The van der Waals surface area contributed by atoms with Gasteiger partial charge in [-0.05, 0) is 59.9 Å². The molecule has 0 saturated carbocycles. The van der Waals surface area contributed by atoms with Gasteiger partial charge in [0.05, 0.1) is 11.1 Å². The quantitative estimate of drug-likeness (QED) is 0.468. The van der Waals surface area contributed by atoms with E-state index in [1.165, 1.54) is 22.9 Å². The number of rotatable bonds is 3. The van der Waals surface area contributed by atoms with Gasteiger partial charge in [-0.1, -0.05) is 17.3 Å². The Hall–Kier alpha value is -4.12. The Bertz CT molecular complexity index is 1450. The molecule has 0 bridgehead atoms. The number of carbonyl (C=O) groups excluding carboxylic acids is 1. The highest BCUT2D eigenvalue weighted by atomic mass is 19.1. The second kappa shape index (κ2) is 8.10. The van der Waals surface area contributed by atoms with Crippen molar-refractivity contribution in [2.45, 2.75) is 6.42 Å². The first-order valence-corrected chi connectivity index (χ1v) is 10.4. The second-order valence-corrected chi connectivity index (χ2v) is 7.93. The summed E-state index contributed by atoms with van der Waals surface area (Å²) in [6.45, 7) is 1.21. The Kier molecular flexibility index (Phi) is 5.09. The lowest BCUT2D eigenvalue weighted by Crippen LogP contribution is -2.27. The molecule has 0 atom stereocenters. The number of nitriles is 1. The molecule has 3 aromatic carbocycles. The van der Waals surface area contributed by atoms with Crippen LogP contribution < -0.4 is 0 Å². The third kappa shape index (κ3) is 3.61. The Morgan fingerprint density at radius 2 is 1.88 bits per heavy atom. The summed E-state index contributed by atoms with van der Waals surface area (Å²) in [7, 11) is 1.68. The van der Waals surface area contributed by atoms with Crippen LogP contribution in [0.2, 0.25) is 0 Å². The molecule has 0 unspecified atom stereocenters. The van der Waals surface area contributed by atoms with Crippen LogP contribution in [0.3, 0.4) is 0 Å². The van der Waals surface area contributed by atoms with Gasteiger partial charge in [0.25, 0.3) is 5.91 Å². The number of amides is 1. The summed E-state index contributed by atoms with van der Waals surface area (Å²) in [5.41, 5.74) is 3.04. The predicted octanol–water partition coefficient (Wildman–Crippen LogP) is 4.50. The van der Waals surface area contributed by atoms with E-state index >= 15 is 4.39 Å². The van der Waals surface area contributed by atoms with Crippen LogP contribution >= 0.6 is 0 Å². The van der Waals surface area contributed by atoms with Gasteiger partial charge in [0.1, 0.15) is 23.2 Å². The molecule has 1 saturated heterocycles. The van der Waals surface area contributed by atoms with E-state index in [2.05, 4.69) is 10.3 Å². The van der Waals surface area contributed by atoms with Gasteiger partial charge in [-0.2, -0.15) is 5.26 Å². The summed E-state index contributed by atoms with van der Waals surface area (Å²) in [5, 5.41) is 17.1. The second-order valence-electron chi connectivity index (χ2n) is 7.93. The van der Waals surface area contributed by atoms with E-state index in [9.17, 15) is 9.18 Å². The normalized spacial score (nSPS) is 13.5. The molecular formula is C25H18F2N5O. The maximum absolute atomic E-state index is 15.2. The molecule has 0 aliphatic carbocycles. The number of aryl methyl sites for hydroxylation is 1. The molecule has 1 aromatic heterocycles. The van der Waals surface area contributed by atoms with Crippen LogP contribution in [-0.4, -0.2) is 38.9 Å². The molecule has 1 amide bonds. The topological polar surface area (TPSA) is 74.8 Å². The average Bonchev–Trinajstić information content (AvgIpc) is 3.48. The van der Waals surface area contributed by atoms with Gasteiger partial charge in [-0.15, -0.1) is 5.10 Å². The lowest BCUT2D eigenvalue weighted by molar-refractivity contribution is 0.0796. The number of benzene rings is 3. The molecule has 0 N–H and O–H groups in total. The maximum atomic E-state index is 15.2. The summed E-state index contributed by atoms with van der Waals surface area (Å²) >= 11 is 0. The Balaban J connectivity index is 1.70. The molecule has 0 spiro atoms. The van der Waals surface area contributed by atoms with Gasteiger partial charge in [-0.3, -0.25) is 4.79 Å². The van der Waals surface area contributed by atoms with Gasteiger partial charge in [0, 0.05) is 37.3 Å². The van der Waals surface area contributed by atoms with Crippen molar-refractivity contribution in [3.05, 3.63) is 77.7 Å². The standard InChI is InChI=1S/C25H18F2N5O/c1-31-24-13-22(27)20(12-23(24)29-30-31)18-7-6-16(25(33)32-8-2-3-9-32)10-19(18)15-4-5-17(14-28)21(26)11-15/h2,4-7,10-13H,3,8-9H2,1H3. The Morgan fingerprint density at radius 3 is 2.61 bits per heavy atom. The van der Waals surface area contributed by atoms with Crippen LogP contribution in [0.5, 0.6) is 0 Å². The minimum absolute atomic E-state index is 0.0905. The van der Waals surface area contributed by atoms with Gasteiger partial charge in [0.2, 0.25) is 0 Å². The minimum Gasteiger partial charge on any atom is -0.338 e. The average molecular weight is 442 g/mol. The predicted molar refractivity (Wildman–Crippen MR) is 119 cm³/mol. The van der Waals surface area contributed by atoms with Crippen LogP contribution in [0.1, 0.15) is 22.3 Å². The zero-order valence-corrected chi connectivity index (χ0v) is 17.7. The SMILES string of the molecule is Cn1nnc2cc(-c3ccc(C(=O)N4C[CH]CC4)cc3-c3ccc(C#N)c(F)c3)c(F)cc21. The number of aromatic nitrogens is 3.